The molecule has 0 unspecified atom stereocenters. The van der Waals surface area contributed by atoms with E-state index in [4.69, 9.17) is 23.6 Å². The molecule has 51 heavy (non-hydrogen) atoms. The minimum Gasteiger partial charge on any atom is -0.370 e. The Morgan fingerprint density at radius 2 is 1.94 bits per heavy atom. The maximum absolute atomic E-state index is 14.7. The number of rotatable bonds is 13. The second-order valence-corrected chi connectivity index (χ2v) is 13.1. The van der Waals surface area contributed by atoms with E-state index in [0.717, 1.165) is 33.0 Å². The van der Waals surface area contributed by atoms with Gasteiger partial charge >= 0.3 is 0 Å². The van der Waals surface area contributed by atoms with Crippen molar-refractivity contribution < 1.29 is 14.4 Å². The molecule has 0 aliphatic carbocycles. The van der Waals surface area contributed by atoms with Gasteiger partial charge < -0.3 is 37.3 Å². The third kappa shape index (κ3) is 9.44. The Labute approximate surface area is 298 Å². The molecule has 0 radical (unpaired) electrons. The first-order valence-corrected chi connectivity index (χ1v) is 17.0. The first-order chi connectivity index (χ1) is 24.5. The minimum atomic E-state index is -0.945. The van der Waals surface area contributed by atoms with Crippen LogP contribution in [-0.4, -0.2) is 87.3 Å². The summed E-state index contributed by atoms with van der Waals surface area (Å²) in [6, 6.07) is 18.5. The maximum Gasteiger partial charge on any atom is 0.245 e. The number of guanidine groups is 1. The van der Waals surface area contributed by atoms with E-state index in [2.05, 4.69) is 38.3 Å². The number of aliphatic imine (C=N–C) groups is 1. The summed E-state index contributed by atoms with van der Waals surface area (Å²) >= 11 is 0. The summed E-state index contributed by atoms with van der Waals surface area (Å²) < 4.78 is 0. The van der Waals surface area contributed by atoms with Gasteiger partial charge in [0.1, 0.15) is 12.1 Å². The van der Waals surface area contributed by atoms with Gasteiger partial charge in [0.15, 0.2) is 5.96 Å². The SMILES string of the molecule is C#C[C@@H]1CN(C(=O)[C@@H](Cc2ccc(C)cc2C)NC(=O)[C@@H](N)Cc2cnc[nH]2)[C@@H](CCCN=C(N)N)CN1C(=O)Cc1ccc2c#cccc2c1. The van der Waals surface area contributed by atoms with Gasteiger partial charge in [0.2, 0.25) is 17.7 Å². The second-order valence-electron chi connectivity index (χ2n) is 13.1. The van der Waals surface area contributed by atoms with Gasteiger partial charge in [-0.1, -0.05) is 47.9 Å². The minimum absolute atomic E-state index is 0.0237. The number of imidazole rings is 1. The zero-order valence-electron chi connectivity index (χ0n) is 29.1. The third-order valence-corrected chi connectivity index (χ3v) is 9.27. The molecular weight excluding hydrogens is 642 g/mol. The molecule has 4 aromatic rings. The molecule has 1 aliphatic heterocycles. The molecule has 0 bridgehead atoms. The van der Waals surface area contributed by atoms with Crippen LogP contribution in [0.5, 0.6) is 0 Å². The number of carbonyl (C=O) groups is 3. The van der Waals surface area contributed by atoms with Crippen LogP contribution >= 0.6 is 0 Å². The van der Waals surface area contributed by atoms with E-state index < -0.39 is 30.1 Å². The van der Waals surface area contributed by atoms with Gasteiger partial charge in [-0.25, -0.2) is 4.98 Å². The average molecular weight is 688 g/mol. The summed E-state index contributed by atoms with van der Waals surface area (Å²) in [6.07, 6.45) is 10.8. The number of aryl methyl sites for hydroxylation is 2. The summed E-state index contributed by atoms with van der Waals surface area (Å²) in [6.45, 7) is 4.63. The standard InChI is InChI=1S/C39H45N9O3/c1-4-32-22-48(38(51)35(19-29-13-11-25(2)16-26(29)3)46-37(50)34(40)20-31-21-43-24-45-31)33(10-7-15-44-39(41)42)23-47(32)36(49)18-27-12-14-28-8-5-6-9-30(28)17-27/h1,6,9,11-14,16-17,21,24,32-35H,7,10,15,18-20,22-23,40H2,2-3H3,(H,43,45)(H,46,50)(H4,41,42,44)/t32-,33+,34+,35-/m1/s1. The van der Waals surface area contributed by atoms with Crippen molar-refractivity contribution >= 4 is 34.5 Å². The lowest BCUT2D eigenvalue weighted by Crippen LogP contribution is -2.64. The summed E-state index contributed by atoms with van der Waals surface area (Å²) in [5.74, 6) is 1.81. The fourth-order valence-electron chi connectivity index (χ4n) is 6.56. The molecule has 12 heteroatoms. The van der Waals surface area contributed by atoms with Crippen molar-refractivity contribution in [3.8, 4) is 12.3 Å². The van der Waals surface area contributed by atoms with Crippen LogP contribution in [0.3, 0.4) is 0 Å². The van der Waals surface area contributed by atoms with E-state index in [1.165, 1.54) is 6.33 Å². The lowest BCUT2D eigenvalue weighted by atomic mass is 9.95. The van der Waals surface area contributed by atoms with Crippen LogP contribution in [0, 0.1) is 38.3 Å². The summed E-state index contributed by atoms with van der Waals surface area (Å²) in [5.41, 5.74) is 22.0. The van der Waals surface area contributed by atoms with Crippen LogP contribution in [0.1, 0.15) is 40.8 Å². The van der Waals surface area contributed by atoms with Gasteiger partial charge in [-0.15, -0.1) is 6.42 Å². The molecule has 5 rings (SSSR count). The van der Waals surface area contributed by atoms with Gasteiger partial charge in [-0.2, -0.15) is 0 Å². The number of carbonyl (C=O) groups excluding carboxylic acids is 3. The Hall–Kier alpha value is -5.85. The highest BCUT2D eigenvalue weighted by Crippen LogP contribution is 2.24. The zero-order valence-corrected chi connectivity index (χ0v) is 29.1. The van der Waals surface area contributed by atoms with E-state index in [-0.39, 0.29) is 50.1 Å². The normalized spacial score (nSPS) is 16.8. The summed E-state index contributed by atoms with van der Waals surface area (Å²) in [4.78, 5) is 56.5. The largest absolute Gasteiger partial charge is 0.370 e. The summed E-state index contributed by atoms with van der Waals surface area (Å²) in [5, 5.41) is 4.82. The van der Waals surface area contributed by atoms with E-state index in [0.29, 0.717) is 25.1 Å². The van der Waals surface area contributed by atoms with Crippen molar-refractivity contribution in [1.82, 2.24) is 25.1 Å². The van der Waals surface area contributed by atoms with E-state index in [9.17, 15) is 14.4 Å². The number of terminal acetylenes is 1. The van der Waals surface area contributed by atoms with Crippen molar-refractivity contribution in [3.05, 3.63) is 101 Å². The molecule has 1 saturated heterocycles. The number of nitrogens with zero attached hydrogens (tertiary/aromatic N) is 4. The number of hydrogen-bond acceptors (Lipinski definition) is 6. The smallest absolute Gasteiger partial charge is 0.245 e. The maximum atomic E-state index is 14.7. The number of H-pyrrole nitrogens is 1. The number of hydrogen-bond donors (Lipinski definition) is 5. The fourth-order valence-corrected chi connectivity index (χ4v) is 6.56. The Morgan fingerprint density at radius 1 is 1.12 bits per heavy atom. The van der Waals surface area contributed by atoms with Gasteiger partial charge in [0.05, 0.1) is 25.3 Å². The Bertz CT molecular complexity index is 1910. The van der Waals surface area contributed by atoms with Crippen LogP contribution in [-0.2, 0) is 33.6 Å². The predicted octanol–water partition coefficient (Wildman–Crippen LogP) is 1.71. The molecular formula is C39H45N9O3. The van der Waals surface area contributed by atoms with Gasteiger partial charge in [0.25, 0.3) is 0 Å². The quantitative estimate of drug-likeness (QED) is 0.0612. The van der Waals surface area contributed by atoms with Crippen molar-refractivity contribution in [2.75, 3.05) is 19.6 Å². The van der Waals surface area contributed by atoms with Crippen LogP contribution in [0.15, 0.2) is 66.0 Å². The molecule has 8 N–H and O–H groups in total. The number of aromatic amines is 1. The number of amides is 3. The van der Waals surface area contributed by atoms with E-state index in [1.807, 2.05) is 56.3 Å². The monoisotopic (exact) mass is 687 g/mol. The molecule has 12 nitrogen and oxygen atoms in total. The van der Waals surface area contributed by atoms with Crippen LogP contribution in [0.2, 0.25) is 0 Å². The zero-order chi connectivity index (χ0) is 36.5. The molecule has 0 saturated carbocycles. The topological polar surface area (TPSA) is 189 Å². The Morgan fingerprint density at radius 3 is 2.67 bits per heavy atom. The predicted molar refractivity (Wildman–Crippen MR) is 197 cm³/mol. The number of aromatic nitrogens is 2. The summed E-state index contributed by atoms with van der Waals surface area (Å²) in [7, 11) is 0. The molecule has 1 aromatic heterocycles. The van der Waals surface area contributed by atoms with Crippen molar-refractivity contribution in [3.63, 3.8) is 0 Å². The number of piperazine rings is 1. The highest BCUT2D eigenvalue weighted by molar-refractivity contribution is 5.91. The van der Waals surface area contributed by atoms with Gasteiger partial charge in [0, 0.05) is 49.2 Å². The lowest BCUT2D eigenvalue weighted by molar-refractivity contribution is -0.147. The number of benzene rings is 2. The van der Waals surface area contributed by atoms with Gasteiger partial charge in [-0.3, -0.25) is 19.4 Å². The molecule has 1 fully saturated rings. The van der Waals surface area contributed by atoms with E-state index >= 15 is 0 Å². The second kappa shape index (κ2) is 16.7. The highest BCUT2D eigenvalue weighted by Gasteiger charge is 2.40. The first-order valence-electron chi connectivity index (χ1n) is 17.0. The highest BCUT2D eigenvalue weighted by atomic mass is 16.2. The molecule has 0 spiro atoms. The fraction of sp³-hybridized carbons (Fsp3) is 0.359. The van der Waals surface area contributed by atoms with Crippen molar-refractivity contribution in [2.24, 2.45) is 22.2 Å². The van der Waals surface area contributed by atoms with Crippen molar-refractivity contribution in [1.29, 1.82) is 0 Å². The number of fused-ring (bicyclic) bond motifs is 1. The molecule has 264 valence electrons. The lowest BCUT2D eigenvalue weighted by Gasteiger charge is -2.46. The van der Waals surface area contributed by atoms with Crippen molar-refractivity contribution in [2.45, 2.75) is 70.1 Å². The van der Waals surface area contributed by atoms with Crippen LogP contribution < -0.4 is 22.5 Å². The Balaban J connectivity index is 1.40. The average Bonchev–Trinajstić information content (AvgIpc) is 3.63. The molecule has 4 atom stereocenters. The first kappa shape index (κ1) is 36.4. The molecule has 3 aromatic carbocycles. The Kier molecular flexibility index (Phi) is 11.9. The molecule has 3 amide bonds. The van der Waals surface area contributed by atoms with Gasteiger partial charge in [-0.05, 0) is 73.0 Å². The molecule has 1 aliphatic rings. The van der Waals surface area contributed by atoms with Crippen LogP contribution in [0.25, 0.3) is 10.8 Å². The van der Waals surface area contributed by atoms with Crippen LogP contribution in [0.4, 0.5) is 0 Å². The third-order valence-electron chi connectivity index (χ3n) is 9.27. The number of nitrogens with two attached hydrogens (primary N) is 3. The van der Waals surface area contributed by atoms with E-state index in [1.54, 1.807) is 22.1 Å². The number of nitrogens with one attached hydrogen (secondary N) is 2. The molecule has 2 heterocycles.